The van der Waals surface area contributed by atoms with Gasteiger partial charge in [-0.05, 0) is 259 Å². The minimum Gasteiger partial charge on any atom is -0.479 e. The number of methoxy groups -OCH3 is 1. The molecular formula is C94H124ClF3N16O12. The number of ether oxygens (including phenoxy) is 2. The number of H-pyrrole nitrogens is 2. The number of aliphatic imine (C=N–C) groups is 2. The number of alkyl carbamates (subject to hydrolysis) is 1. The van der Waals surface area contributed by atoms with E-state index in [1.54, 1.807) is 81.4 Å². The second-order valence-electron chi connectivity index (χ2n) is 34.2. The van der Waals surface area contributed by atoms with Gasteiger partial charge in [0, 0.05) is 35.6 Å². The Bertz CT molecular complexity index is 4840. The highest BCUT2D eigenvalue weighted by molar-refractivity contribution is 6.47. The first-order valence-corrected chi connectivity index (χ1v) is 43.3. The van der Waals surface area contributed by atoms with Crippen molar-refractivity contribution in [1.82, 2.24) is 61.7 Å². The molecule has 3 saturated carbocycles. The first-order valence-electron chi connectivity index (χ1n) is 43.3. The average molecular weight is 1760 g/mol. The first kappa shape index (κ1) is 102. The molecule has 8 aromatic rings. The number of nitrogens with zero attached hydrogens (tertiary/aromatic N) is 10. The summed E-state index contributed by atoms with van der Waals surface area (Å²) in [6, 6.07) is 36.8. The number of hydrogen-bond acceptors (Lipinski definition) is 20. The van der Waals surface area contributed by atoms with Crippen LogP contribution in [0, 0.1) is 53.0 Å². The monoisotopic (exact) mass is 1760 g/mol. The van der Waals surface area contributed by atoms with Gasteiger partial charge in [0.1, 0.15) is 51.6 Å². The highest BCUT2D eigenvalue weighted by Gasteiger charge is 2.54. The van der Waals surface area contributed by atoms with Crippen LogP contribution in [0.25, 0.3) is 0 Å². The molecule has 6 aromatic carbocycles. The smallest absolute Gasteiger partial charge is 0.408 e. The number of carbonyl (C=O) groups excluding carboxylic acids is 6. The molecule has 28 nitrogen and oxygen atoms in total. The number of benzene rings is 6. The van der Waals surface area contributed by atoms with E-state index in [4.69, 9.17) is 31.3 Å². The number of nitrogens with two attached hydrogens (primary N) is 2. The highest BCUT2D eigenvalue weighted by atomic mass is 35.5. The lowest BCUT2D eigenvalue weighted by molar-refractivity contribution is -0.139. The summed E-state index contributed by atoms with van der Waals surface area (Å²) >= 11 is 0. The minimum absolute atomic E-state index is 0. The van der Waals surface area contributed by atoms with Gasteiger partial charge in [0.05, 0.1) is 43.4 Å². The number of aliphatic carboxylic acids is 1. The molecule has 4 amide bonds. The van der Waals surface area contributed by atoms with Gasteiger partial charge in [-0.3, -0.25) is 29.2 Å². The summed E-state index contributed by atoms with van der Waals surface area (Å²) in [6.45, 7) is 25.3. The molecule has 4 heterocycles. The van der Waals surface area contributed by atoms with E-state index in [2.05, 4.69) is 119 Å². The Hall–Kier alpha value is -11.4. The van der Waals surface area contributed by atoms with Crippen LogP contribution in [0.15, 0.2) is 156 Å². The minimum atomic E-state index is -1.28. The zero-order valence-corrected chi connectivity index (χ0v) is 75.2. The van der Waals surface area contributed by atoms with Crippen LogP contribution < -0.4 is 22.1 Å². The zero-order chi connectivity index (χ0) is 91.3. The van der Waals surface area contributed by atoms with Crippen LogP contribution in [-0.4, -0.2) is 144 Å². The average Bonchev–Trinajstić information content (AvgIpc) is 1.59. The van der Waals surface area contributed by atoms with Crippen molar-refractivity contribution >= 4 is 71.3 Å². The summed E-state index contributed by atoms with van der Waals surface area (Å²) in [5.41, 5.74) is 15.6. The van der Waals surface area contributed by atoms with Crippen molar-refractivity contribution in [2.24, 2.45) is 57.0 Å². The van der Waals surface area contributed by atoms with Gasteiger partial charge in [0.25, 0.3) is 17.7 Å². The molecule has 3 fully saturated rings. The molecule has 13 rings (SSSR count). The Morgan fingerprint density at radius 3 is 1.28 bits per heavy atom. The highest BCUT2D eigenvalue weighted by Crippen LogP contribution is 2.50. The Labute approximate surface area is 742 Å². The molecule has 680 valence electrons. The number of aromatic carboxylic acids is 1. The molecule has 3 aliphatic carbocycles. The van der Waals surface area contributed by atoms with Crippen LogP contribution in [0.1, 0.15) is 299 Å². The lowest BCUT2D eigenvalue weighted by atomic mass is 9.76. The van der Waals surface area contributed by atoms with Crippen molar-refractivity contribution in [2.45, 2.75) is 253 Å². The molecule has 2 spiro atoms. The molecule has 5 aliphatic rings. The van der Waals surface area contributed by atoms with Crippen molar-refractivity contribution < 1.29 is 71.2 Å². The molecule has 0 bridgehead atoms. The number of tetrazole rings is 2. The molecule has 10 N–H and O–H groups in total. The number of aromatic amines is 2. The largest absolute Gasteiger partial charge is 0.479 e. The zero-order valence-electron chi connectivity index (χ0n) is 74.4. The van der Waals surface area contributed by atoms with E-state index in [0.29, 0.717) is 81.3 Å². The first-order chi connectivity index (χ1) is 59.6. The molecule has 126 heavy (non-hydrogen) atoms. The maximum Gasteiger partial charge on any atom is 0.408 e. The van der Waals surface area contributed by atoms with Crippen molar-refractivity contribution in [3.8, 4) is 0 Å². The van der Waals surface area contributed by atoms with E-state index in [1.807, 2.05) is 46.2 Å². The number of amides is 4. The molecule has 1 unspecified atom stereocenters. The van der Waals surface area contributed by atoms with Crippen molar-refractivity contribution in [2.75, 3.05) is 7.11 Å². The number of Topliss-reactive ketones (excluding diaryl/α,β-unsaturated/α-hetero) is 1. The molecule has 2 aliphatic heterocycles. The van der Waals surface area contributed by atoms with E-state index >= 15 is 0 Å². The van der Waals surface area contributed by atoms with E-state index in [-0.39, 0.29) is 83.5 Å². The van der Waals surface area contributed by atoms with Crippen LogP contribution in [0.3, 0.4) is 0 Å². The molecule has 0 saturated heterocycles. The van der Waals surface area contributed by atoms with Crippen LogP contribution in [0.4, 0.5) is 18.0 Å². The summed E-state index contributed by atoms with van der Waals surface area (Å²) in [7, 11) is 1.37. The SMILES string of the molecule is CC(C)(C)OC(=O)NC(C(=O)O)c1ccc(F)cc1.CC(C)C1CCC(=O)CC1.CCC[C@@H](N)c1ccc(C(=O)OC)cc1.CCC[C@H](c1ccc(C(=O)NCc2nn[nH]n2)cc1)N1C(=O)C(c2ccc(F)cc2)=NC12CCC(C(C)C)CC2.CCC[C@H](c1ccc(C(=O)O)cc1)N1C(=O)C(c2ccc(F)cc2)=NC12CCC(C(C)C)CC2.Cl.NCc1nn[nH]n1. The maximum atomic E-state index is 14.2. The molecule has 2 aromatic heterocycles. The third-order valence-corrected chi connectivity index (χ3v) is 23.4. The third-order valence-electron chi connectivity index (χ3n) is 23.4. The van der Waals surface area contributed by atoms with Gasteiger partial charge in [-0.2, -0.15) is 10.4 Å². The number of aromatic nitrogens is 8. The number of rotatable bonds is 25. The number of esters is 1. The summed E-state index contributed by atoms with van der Waals surface area (Å²) in [6.07, 6.45) is 15.5. The summed E-state index contributed by atoms with van der Waals surface area (Å²) < 4.78 is 49.6. The molecular weight excluding hydrogens is 1640 g/mol. The van der Waals surface area contributed by atoms with E-state index in [0.717, 1.165) is 156 Å². The number of hydrogen-bond donors (Lipinski definition) is 8. The predicted octanol–water partition coefficient (Wildman–Crippen LogP) is 17.5. The Morgan fingerprint density at radius 2 is 0.921 bits per heavy atom. The lowest BCUT2D eigenvalue weighted by Crippen LogP contribution is -2.51. The van der Waals surface area contributed by atoms with Gasteiger partial charge < -0.3 is 51.6 Å². The predicted molar refractivity (Wildman–Crippen MR) is 476 cm³/mol. The van der Waals surface area contributed by atoms with E-state index < -0.39 is 46.8 Å². The van der Waals surface area contributed by atoms with Crippen LogP contribution in [0.5, 0.6) is 0 Å². The maximum absolute atomic E-state index is 14.2. The standard InChI is InChI=1S/C30H36FN7O2.C28H33FN2O3.C13H16FNO4.C12H17NO2.C9H16O.C2H5N5.ClH/c1-4-5-25(21-6-8-23(9-7-21)28(39)32-18-26-34-36-37-35-26)38-29(40)27(22-10-12-24(31)13-11-22)33-30(38)16-14-20(15-17-30)19(2)3;1-4-5-24(20-6-8-22(9-7-20)27(33)34)31-26(32)25(21-10-12-23(29)13-11-21)30-28(31)16-14-19(15-17-28)18(2)3;1-13(2,3)19-12(18)15-10(11(16)17)8-4-6-9(14)7-5-8;1-3-4-11(13)9-5-7-10(8-6-9)12(14)15-2;1-7(2)8-3-5-9(10)6-4-8;3-1-2-4-6-7-5-2;/h6-13,19-20,25H,4-5,14-18H2,1-3H3,(H,32,39)(H,34,35,36,37);6-13,18-19,24H,4-5,14-17H2,1-3H3,(H,33,34);4-7,10H,1-3H3,(H,15,18)(H,16,17);5-8,11H,3-4,13H2,1-2H3;7-8H,3-6H2,1-2H3;1,3H2,(H,4,5,6,7);1H/t20?,25-,30?;19?,24-,28?;;11-;;;/m11.1.../s1. The van der Waals surface area contributed by atoms with Gasteiger partial charge >= 0.3 is 24.0 Å². The van der Waals surface area contributed by atoms with Gasteiger partial charge in [0.15, 0.2) is 17.7 Å². The fourth-order valence-electron chi connectivity index (χ4n) is 16.3. The fraction of sp³-hybridized carbons (Fsp3) is 0.489. The van der Waals surface area contributed by atoms with Crippen molar-refractivity contribution in [3.63, 3.8) is 0 Å². The number of halogens is 4. The quantitative estimate of drug-likeness (QED) is 0.0246. The number of carboxylic acids is 2. The molecule has 0 radical (unpaired) electrons. The van der Waals surface area contributed by atoms with Gasteiger partial charge in [-0.1, -0.05) is 141 Å². The van der Waals surface area contributed by atoms with E-state index in [9.17, 15) is 56.6 Å². The number of carbonyl (C=O) groups is 8. The number of carboxylic acid groups (broad SMARTS) is 2. The van der Waals surface area contributed by atoms with Crippen molar-refractivity contribution in [3.05, 3.63) is 225 Å². The van der Waals surface area contributed by atoms with Crippen LogP contribution >= 0.6 is 12.4 Å². The van der Waals surface area contributed by atoms with E-state index in [1.165, 1.54) is 43.5 Å². The Kier molecular flexibility index (Phi) is 39.0. The third kappa shape index (κ3) is 28.5. The van der Waals surface area contributed by atoms with Gasteiger partial charge in [-0.15, -0.1) is 32.8 Å². The van der Waals surface area contributed by atoms with Crippen molar-refractivity contribution in [1.29, 1.82) is 0 Å². The summed E-state index contributed by atoms with van der Waals surface area (Å²) in [5, 5.41) is 49.6. The van der Waals surface area contributed by atoms with Crippen LogP contribution in [-0.2, 0) is 41.7 Å². The lowest BCUT2D eigenvalue weighted by Gasteiger charge is -2.46. The second kappa shape index (κ2) is 48.3. The molecule has 32 heteroatoms. The van der Waals surface area contributed by atoms with Gasteiger partial charge in [-0.25, -0.2) is 32.3 Å². The second-order valence-corrected chi connectivity index (χ2v) is 34.2. The Morgan fingerprint density at radius 1 is 0.540 bits per heavy atom. The summed E-state index contributed by atoms with van der Waals surface area (Å²) in [5.74, 6) is 1.16. The topological polar surface area (TPSA) is 412 Å². The summed E-state index contributed by atoms with van der Waals surface area (Å²) in [4.78, 5) is 111. The fourth-order valence-corrected chi connectivity index (χ4v) is 16.3. The van der Waals surface area contributed by atoms with Gasteiger partial charge in [0.2, 0.25) is 0 Å². The normalized spacial score (nSPS) is 18.8. The van der Waals surface area contributed by atoms with Crippen LogP contribution in [0.2, 0.25) is 0 Å². The number of ketones is 1. The molecule has 4 atom stereocenters. The number of nitrogens with one attached hydrogen (secondary N) is 4. The Balaban J connectivity index is 0.000000226.